The summed E-state index contributed by atoms with van der Waals surface area (Å²) in [5.41, 5.74) is 10.8. The molecule has 4 heterocycles. The number of hydrazine groups is 1. The van der Waals surface area contributed by atoms with Crippen LogP contribution in [0.5, 0.6) is 0 Å². The molecule has 2 N–H and O–H groups in total. The van der Waals surface area contributed by atoms with Gasteiger partial charge < -0.3 is 13.8 Å². The SMILES string of the molecule is Cc1noc(C)c1C1NNC2CCN(c3nc4ccccc4o3)CC21. The highest BCUT2D eigenvalue weighted by molar-refractivity contribution is 5.74. The highest BCUT2D eigenvalue weighted by atomic mass is 16.5. The maximum Gasteiger partial charge on any atom is 0.298 e. The maximum absolute atomic E-state index is 5.97. The first-order valence-electron chi connectivity index (χ1n) is 8.75. The molecule has 2 aliphatic heterocycles. The Labute approximate surface area is 145 Å². The van der Waals surface area contributed by atoms with Crippen LogP contribution in [0.3, 0.4) is 0 Å². The molecule has 5 rings (SSSR count). The van der Waals surface area contributed by atoms with E-state index in [0.717, 1.165) is 42.1 Å². The number of rotatable bonds is 2. The monoisotopic (exact) mass is 339 g/mol. The van der Waals surface area contributed by atoms with Gasteiger partial charge in [-0.25, -0.2) is 5.43 Å². The molecule has 0 spiro atoms. The number of hydrogen-bond acceptors (Lipinski definition) is 7. The Morgan fingerprint density at radius 2 is 2.08 bits per heavy atom. The predicted octanol–water partition coefficient (Wildman–Crippen LogP) is 2.48. The lowest BCUT2D eigenvalue weighted by atomic mass is 9.84. The van der Waals surface area contributed by atoms with E-state index in [4.69, 9.17) is 8.94 Å². The van der Waals surface area contributed by atoms with E-state index in [1.54, 1.807) is 0 Å². The van der Waals surface area contributed by atoms with Crippen LogP contribution in [0, 0.1) is 19.8 Å². The van der Waals surface area contributed by atoms with Crippen LogP contribution >= 0.6 is 0 Å². The molecule has 1 aromatic carbocycles. The van der Waals surface area contributed by atoms with E-state index in [9.17, 15) is 0 Å². The lowest BCUT2D eigenvalue weighted by Crippen LogP contribution is -2.45. The first-order valence-corrected chi connectivity index (χ1v) is 8.75. The largest absolute Gasteiger partial charge is 0.423 e. The van der Waals surface area contributed by atoms with Crippen LogP contribution in [0.1, 0.15) is 29.5 Å². The van der Waals surface area contributed by atoms with Gasteiger partial charge >= 0.3 is 0 Å². The number of para-hydroxylation sites is 2. The maximum atomic E-state index is 5.97. The zero-order chi connectivity index (χ0) is 17.0. The third kappa shape index (κ3) is 2.34. The summed E-state index contributed by atoms with van der Waals surface area (Å²) in [6, 6.07) is 9.23. The van der Waals surface area contributed by atoms with Crippen LogP contribution in [0.4, 0.5) is 6.01 Å². The van der Waals surface area contributed by atoms with Crippen molar-refractivity contribution in [1.82, 2.24) is 21.0 Å². The molecule has 0 saturated carbocycles. The van der Waals surface area contributed by atoms with Gasteiger partial charge in [-0.05, 0) is 32.4 Å². The molecule has 2 aliphatic rings. The summed E-state index contributed by atoms with van der Waals surface area (Å²) in [6.07, 6.45) is 1.04. The summed E-state index contributed by atoms with van der Waals surface area (Å²) in [7, 11) is 0. The van der Waals surface area contributed by atoms with Crippen LogP contribution in [0.2, 0.25) is 0 Å². The lowest BCUT2D eigenvalue weighted by molar-refractivity contribution is 0.341. The average molecular weight is 339 g/mol. The Kier molecular flexibility index (Phi) is 3.33. The average Bonchev–Trinajstić information content (AvgIpc) is 3.31. The summed E-state index contributed by atoms with van der Waals surface area (Å²) in [4.78, 5) is 6.91. The smallest absolute Gasteiger partial charge is 0.298 e. The molecule has 2 saturated heterocycles. The Bertz CT molecular complexity index is 865. The number of nitrogens with zero attached hydrogens (tertiary/aromatic N) is 3. The molecule has 7 nitrogen and oxygen atoms in total. The van der Waals surface area contributed by atoms with Crippen molar-refractivity contribution in [2.24, 2.45) is 5.92 Å². The van der Waals surface area contributed by atoms with Gasteiger partial charge in [0, 0.05) is 30.6 Å². The van der Waals surface area contributed by atoms with Crippen molar-refractivity contribution < 1.29 is 8.94 Å². The fraction of sp³-hybridized carbons (Fsp3) is 0.444. The first-order chi connectivity index (χ1) is 12.2. The molecule has 0 radical (unpaired) electrons. The quantitative estimate of drug-likeness (QED) is 0.742. The number of aromatic nitrogens is 2. The number of nitrogens with one attached hydrogen (secondary N) is 2. The van der Waals surface area contributed by atoms with Gasteiger partial charge in [0.05, 0.1) is 11.7 Å². The standard InChI is InChI=1S/C18H21N5O2/c1-10-16(11(2)25-22-10)17-12-9-23(8-7-13(12)20-21-17)18-19-14-5-3-4-6-15(14)24-18/h3-6,12-13,17,20-21H,7-9H2,1-2H3. The van der Waals surface area contributed by atoms with Crippen LogP contribution < -0.4 is 15.8 Å². The molecule has 130 valence electrons. The molecule has 0 aliphatic carbocycles. The van der Waals surface area contributed by atoms with Crippen molar-refractivity contribution in [1.29, 1.82) is 0 Å². The Morgan fingerprint density at radius 3 is 2.88 bits per heavy atom. The second-order valence-electron chi connectivity index (χ2n) is 6.97. The molecule has 3 atom stereocenters. The zero-order valence-electron chi connectivity index (χ0n) is 14.3. The first kappa shape index (κ1) is 14.9. The molecule has 2 fully saturated rings. The van der Waals surface area contributed by atoms with E-state index < -0.39 is 0 Å². The highest BCUT2D eigenvalue weighted by Gasteiger charge is 2.43. The number of oxazole rings is 1. The van der Waals surface area contributed by atoms with E-state index >= 15 is 0 Å². The molecule has 25 heavy (non-hydrogen) atoms. The van der Waals surface area contributed by atoms with E-state index in [-0.39, 0.29) is 6.04 Å². The lowest BCUT2D eigenvalue weighted by Gasteiger charge is -2.35. The van der Waals surface area contributed by atoms with E-state index in [1.165, 1.54) is 5.56 Å². The predicted molar refractivity (Wildman–Crippen MR) is 93.1 cm³/mol. The summed E-state index contributed by atoms with van der Waals surface area (Å²) in [5, 5.41) is 4.12. The molecule has 7 heteroatoms. The van der Waals surface area contributed by atoms with Crippen LogP contribution in [-0.2, 0) is 0 Å². The minimum absolute atomic E-state index is 0.184. The number of anilines is 1. The fourth-order valence-electron chi connectivity index (χ4n) is 4.19. The summed E-state index contributed by atoms with van der Waals surface area (Å²) in [6.45, 7) is 5.79. The summed E-state index contributed by atoms with van der Waals surface area (Å²) in [5.74, 6) is 1.29. The molecule has 3 unspecified atom stereocenters. The number of benzene rings is 1. The van der Waals surface area contributed by atoms with Crippen molar-refractivity contribution in [2.75, 3.05) is 18.0 Å². The number of fused-ring (bicyclic) bond motifs is 2. The van der Waals surface area contributed by atoms with Crippen molar-refractivity contribution in [3.63, 3.8) is 0 Å². The molecular weight excluding hydrogens is 318 g/mol. The Hall–Kier alpha value is -2.38. The Morgan fingerprint density at radius 1 is 1.20 bits per heavy atom. The summed E-state index contributed by atoms with van der Waals surface area (Å²) < 4.78 is 11.3. The van der Waals surface area contributed by atoms with Gasteiger partial charge in [0.15, 0.2) is 5.58 Å². The van der Waals surface area contributed by atoms with Crippen molar-refractivity contribution >= 4 is 17.1 Å². The fourth-order valence-corrected chi connectivity index (χ4v) is 4.19. The topological polar surface area (TPSA) is 79.4 Å². The van der Waals surface area contributed by atoms with Gasteiger partial charge in [-0.2, -0.15) is 4.98 Å². The number of aryl methyl sites for hydroxylation is 2. The molecule has 2 aromatic heterocycles. The van der Waals surface area contributed by atoms with Gasteiger partial charge in [0.2, 0.25) is 0 Å². The zero-order valence-corrected chi connectivity index (χ0v) is 14.3. The minimum atomic E-state index is 0.184. The van der Waals surface area contributed by atoms with Gasteiger partial charge in [-0.1, -0.05) is 17.3 Å². The van der Waals surface area contributed by atoms with E-state index in [2.05, 4.69) is 25.9 Å². The van der Waals surface area contributed by atoms with Crippen LogP contribution in [0.15, 0.2) is 33.2 Å². The number of piperidine rings is 1. The van der Waals surface area contributed by atoms with Gasteiger partial charge in [0.1, 0.15) is 11.3 Å². The molecule has 0 bridgehead atoms. The van der Waals surface area contributed by atoms with Gasteiger partial charge in [0.25, 0.3) is 6.01 Å². The van der Waals surface area contributed by atoms with E-state index in [0.29, 0.717) is 18.0 Å². The number of hydrogen-bond donors (Lipinski definition) is 2. The van der Waals surface area contributed by atoms with Crippen molar-refractivity contribution in [3.8, 4) is 0 Å². The second-order valence-corrected chi connectivity index (χ2v) is 6.97. The molecule has 0 amide bonds. The normalized spacial score (nSPS) is 26.3. The van der Waals surface area contributed by atoms with Crippen LogP contribution in [0.25, 0.3) is 11.1 Å². The third-order valence-electron chi connectivity index (χ3n) is 5.46. The summed E-state index contributed by atoms with van der Waals surface area (Å²) >= 11 is 0. The second kappa shape index (κ2) is 5.57. The minimum Gasteiger partial charge on any atom is -0.423 e. The van der Waals surface area contributed by atoms with Crippen LogP contribution in [-0.4, -0.2) is 29.3 Å². The van der Waals surface area contributed by atoms with Gasteiger partial charge in [-0.3, -0.25) is 5.43 Å². The Balaban J connectivity index is 1.44. The van der Waals surface area contributed by atoms with Gasteiger partial charge in [-0.15, -0.1) is 0 Å². The third-order valence-corrected chi connectivity index (χ3v) is 5.46. The van der Waals surface area contributed by atoms with Crippen molar-refractivity contribution in [3.05, 3.63) is 41.3 Å². The van der Waals surface area contributed by atoms with Crippen molar-refractivity contribution in [2.45, 2.75) is 32.4 Å². The molecular formula is C18H21N5O2. The van der Waals surface area contributed by atoms with E-state index in [1.807, 2.05) is 38.1 Å². The molecule has 3 aromatic rings. The highest BCUT2D eigenvalue weighted by Crippen LogP contribution is 2.37.